The SMILES string of the molecule is O=C(O)c1cc(NC(=O)C(F)(F)F)ncc1Br. The van der Waals surface area contributed by atoms with Gasteiger partial charge in [-0.1, -0.05) is 0 Å². The van der Waals surface area contributed by atoms with Crippen LogP contribution < -0.4 is 5.32 Å². The minimum absolute atomic E-state index is 0.0926. The van der Waals surface area contributed by atoms with Gasteiger partial charge in [-0.2, -0.15) is 13.2 Å². The highest BCUT2D eigenvalue weighted by Crippen LogP contribution is 2.21. The first kappa shape index (κ1) is 13.4. The molecular weight excluding hydrogens is 309 g/mol. The zero-order valence-electron chi connectivity index (χ0n) is 7.88. The van der Waals surface area contributed by atoms with Gasteiger partial charge < -0.3 is 10.4 Å². The number of aromatic nitrogens is 1. The number of carbonyl (C=O) groups is 2. The molecule has 0 aliphatic rings. The molecule has 17 heavy (non-hydrogen) atoms. The molecule has 0 aromatic carbocycles. The second-order valence-electron chi connectivity index (χ2n) is 2.81. The van der Waals surface area contributed by atoms with Gasteiger partial charge in [0.1, 0.15) is 5.82 Å². The molecule has 1 rings (SSSR count). The average molecular weight is 313 g/mol. The molecule has 0 aliphatic carbocycles. The van der Waals surface area contributed by atoms with Gasteiger partial charge in [-0.15, -0.1) is 0 Å². The van der Waals surface area contributed by atoms with E-state index in [0.29, 0.717) is 0 Å². The molecule has 0 aliphatic heterocycles. The number of hydrogen-bond acceptors (Lipinski definition) is 3. The molecule has 92 valence electrons. The highest BCUT2D eigenvalue weighted by molar-refractivity contribution is 9.10. The van der Waals surface area contributed by atoms with E-state index in [1.165, 1.54) is 5.32 Å². The van der Waals surface area contributed by atoms with Gasteiger partial charge >= 0.3 is 18.1 Å². The molecule has 0 bridgehead atoms. The molecular formula is C8H4BrF3N2O3. The van der Waals surface area contributed by atoms with E-state index in [1.807, 2.05) is 0 Å². The number of amides is 1. The maximum atomic E-state index is 11.9. The summed E-state index contributed by atoms with van der Waals surface area (Å²) in [6.45, 7) is 0. The number of aromatic carboxylic acids is 1. The Morgan fingerprint density at radius 3 is 2.47 bits per heavy atom. The minimum Gasteiger partial charge on any atom is -0.478 e. The lowest BCUT2D eigenvalue weighted by atomic mass is 10.2. The van der Waals surface area contributed by atoms with Crippen LogP contribution >= 0.6 is 15.9 Å². The Morgan fingerprint density at radius 1 is 1.41 bits per heavy atom. The van der Waals surface area contributed by atoms with E-state index in [4.69, 9.17) is 5.11 Å². The summed E-state index contributed by atoms with van der Waals surface area (Å²) < 4.78 is 35.8. The van der Waals surface area contributed by atoms with Crippen LogP contribution in [0.1, 0.15) is 10.4 Å². The third kappa shape index (κ3) is 3.41. The molecule has 1 amide bonds. The van der Waals surface area contributed by atoms with Crippen molar-refractivity contribution in [2.24, 2.45) is 0 Å². The number of carboxylic acid groups (broad SMARTS) is 1. The number of pyridine rings is 1. The second-order valence-corrected chi connectivity index (χ2v) is 3.66. The van der Waals surface area contributed by atoms with Gasteiger partial charge in [0, 0.05) is 6.20 Å². The molecule has 2 N–H and O–H groups in total. The largest absolute Gasteiger partial charge is 0.478 e. The Labute approximate surface area is 101 Å². The molecule has 1 heterocycles. The number of halogens is 4. The fraction of sp³-hybridized carbons (Fsp3) is 0.125. The van der Waals surface area contributed by atoms with Gasteiger partial charge in [-0.05, 0) is 22.0 Å². The van der Waals surface area contributed by atoms with Crippen molar-refractivity contribution in [1.82, 2.24) is 4.98 Å². The number of anilines is 1. The Balaban J connectivity index is 2.98. The smallest absolute Gasteiger partial charge is 0.471 e. The van der Waals surface area contributed by atoms with Crippen LogP contribution in [0.25, 0.3) is 0 Å². The third-order valence-electron chi connectivity index (χ3n) is 1.58. The van der Waals surface area contributed by atoms with Gasteiger partial charge in [-0.25, -0.2) is 9.78 Å². The predicted octanol–water partition coefficient (Wildman–Crippen LogP) is 2.04. The number of alkyl halides is 3. The van der Waals surface area contributed by atoms with E-state index in [2.05, 4.69) is 20.9 Å². The number of rotatable bonds is 2. The van der Waals surface area contributed by atoms with Crippen molar-refractivity contribution in [2.75, 3.05) is 5.32 Å². The lowest BCUT2D eigenvalue weighted by Gasteiger charge is -2.08. The lowest BCUT2D eigenvalue weighted by Crippen LogP contribution is -2.30. The van der Waals surface area contributed by atoms with Crippen LogP contribution in [-0.2, 0) is 4.79 Å². The van der Waals surface area contributed by atoms with E-state index in [-0.39, 0.29) is 10.0 Å². The normalized spacial score (nSPS) is 11.1. The fourth-order valence-corrected chi connectivity index (χ4v) is 1.24. The predicted molar refractivity (Wildman–Crippen MR) is 53.6 cm³/mol. The zero-order valence-corrected chi connectivity index (χ0v) is 9.46. The molecule has 0 spiro atoms. The van der Waals surface area contributed by atoms with Crippen molar-refractivity contribution in [1.29, 1.82) is 0 Å². The van der Waals surface area contributed by atoms with Crippen molar-refractivity contribution >= 4 is 33.6 Å². The summed E-state index contributed by atoms with van der Waals surface area (Å²) >= 11 is 2.86. The number of carbonyl (C=O) groups excluding carboxylic acids is 1. The van der Waals surface area contributed by atoms with Crippen molar-refractivity contribution in [3.05, 3.63) is 22.3 Å². The maximum Gasteiger partial charge on any atom is 0.471 e. The molecule has 0 fully saturated rings. The molecule has 0 unspecified atom stereocenters. The average Bonchev–Trinajstić information content (AvgIpc) is 2.19. The van der Waals surface area contributed by atoms with Gasteiger partial charge in [-0.3, -0.25) is 4.79 Å². The Kier molecular flexibility index (Phi) is 3.71. The third-order valence-corrected chi connectivity index (χ3v) is 2.22. The monoisotopic (exact) mass is 312 g/mol. The van der Waals surface area contributed by atoms with E-state index in [1.54, 1.807) is 0 Å². The summed E-state index contributed by atoms with van der Waals surface area (Å²) in [6, 6.07) is 0.816. The van der Waals surface area contributed by atoms with E-state index in [9.17, 15) is 22.8 Å². The van der Waals surface area contributed by atoms with Crippen LogP contribution in [0, 0.1) is 0 Å². The Hall–Kier alpha value is -1.64. The highest BCUT2D eigenvalue weighted by atomic mass is 79.9. The molecule has 1 aromatic rings. The second kappa shape index (κ2) is 4.70. The van der Waals surface area contributed by atoms with E-state index in [0.717, 1.165) is 12.3 Å². The summed E-state index contributed by atoms with van der Waals surface area (Å²) in [4.78, 5) is 24.7. The number of nitrogens with zero attached hydrogens (tertiary/aromatic N) is 1. The van der Waals surface area contributed by atoms with Crippen molar-refractivity contribution < 1.29 is 27.9 Å². The number of hydrogen-bond donors (Lipinski definition) is 2. The molecule has 0 saturated heterocycles. The highest BCUT2D eigenvalue weighted by Gasteiger charge is 2.39. The molecule has 0 saturated carbocycles. The van der Waals surface area contributed by atoms with Gasteiger partial charge in [0.15, 0.2) is 0 Å². The zero-order chi connectivity index (χ0) is 13.2. The molecule has 1 aromatic heterocycles. The van der Waals surface area contributed by atoms with Crippen molar-refractivity contribution in [3.63, 3.8) is 0 Å². The van der Waals surface area contributed by atoms with Crippen molar-refractivity contribution in [2.45, 2.75) is 6.18 Å². The van der Waals surface area contributed by atoms with E-state index < -0.39 is 23.9 Å². The molecule has 0 radical (unpaired) electrons. The van der Waals surface area contributed by atoms with Crippen molar-refractivity contribution in [3.8, 4) is 0 Å². The molecule has 0 atom stereocenters. The van der Waals surface area contributed by atoms with Crippen LogP contribution in [0.2, 0.25) is 0 Å². The van der Waals surface area contributed by atoms with Gasteiger partial charge in [0.2, 0.25) is 0 Å². The maximum absolute atomic E-state index is 11.9. The van der Waals surface area contributed by atoms with Gasteiger partial charge in [0.25, 0.3) is 0 Å². The quantitative estimate of drug-likeness (QED) is 0.876. The molecule has 5 nitrogen and oxygen atoms in total. The minimum atomic E-state index is -5.06. The number of nitrogens with one attached hydrogen (secondary N) is 1. The standard InChI is InChI=1S/C8H4BrF3N2O3/c9-4-2-13-5(1-3(4)6(15)16)14-7(17)8(10,11)12/h1-2H,(H,15,16)(H,13,14,17). The van der Waals surface area contributed by atoms with Crippen LogP contribution in [0.15, 0.2) is 16.7 Å². The summed E-state index contributed by atoms with van der Waals surface area (Å²) in [5.74, 6) is -4.07. The van der Waals surface area contributed by atoms with Crippen LogP contribution in [0.3, 0.4) is 0 Å². The lowest BCUT2D eigenvalue weighted by molar-refractivity contribution is -0.167. The summed E-state index contributed by atoms with van der Waals surface area (Å²) in [5, 5.41) is 10.1. The van der Waals surface area contributed by atoms with Crippen LogP contribution in [-0.4, -0.2) is 28.1 Å². The summed E-state index contributed by atoms with van der Waals surface area (Å²) in [5.41, 5.74) is -0.308. The van der Waals surface area contributed by atoms with E-state index >= 15 is 0 Å². The number of carboxylic acids is 1. The summed E-state index contributed by atoms with van der Waals surface area (Å²) in [7, 11) is 0. The fourth-order valence-electron chi connectivity index (χ4n) is 0.858. The summed E-state index contributed by atoms with van der Waals surface area (Å²) in [6.07, 6.45) is -4.08. The van der Waals surface area contributed by atoms with Gasteiger partial charge in [0.05, 0.1) is 10.0 Å². The van der Waals surface area contributed by atoms with Crippen LogP contribution in [0.4, 0.5) is 19.0 Å². The Bertz CT molecular complexity index is 476. The Morgan fingerprint density at radius 2 is 2.00 bits per heavy atom. The first-order valence-electron chi connectivity index (χ1n) is 3.99. The first-order chi connectivity index (χ1) is 7.71. The van der Waals surface area contributed by atoms with Crippen LogP contribution in [0.5, 0.6) is 0 Å². The topological polar surface area (TPSA) is 79.3 Å². The first-order valence-corrected chi connectivity index (χ1v) is 4.78. The molecule has 9 heteroatoms.